The van der Waals surface area contributed by atoms with Crippen molar-refractivity contribution in [2.24, 2.45) is 0 Å². The Morgan fingerprint density at radius 3 is 2.48 bits per heavy atom. The molecule has 0 saturated heterocycles. The highest BCUT2D eigenvalue weighted by Gasteiger charge is 2.15. The first-order valence-electron chi connectivity index (χ1n) is 7.75. The summed E-state index contributed by atoms with van der Waals surface area (Å²) in [6.07, 6.45) is 3.83. The summed E-state index contributed by atoms with van der Waals surface area (Å²) in [5.41, 5.74) is 2.78. The maximum absolute atomic E-state index is 12.0. The second kappa shape index (κ2) is 6.61. The fourth-order valence-corrected chi connectivity index (χ4v) is 2.70. The molecule has 0 spiro atoms. The number of allylic oxidation sites excluding steroid dienone is 1. The van der Waals surface area contributed by atoms with Crippen molar-refractivity contribution in [3.63, 3.8) is 0 Å². The van der Waals surface area contributed by atoms with Crippen LogP contribution in [0.5, 0.6) is 5.75 Å². The van der Waals surface area contributed by atoms with Crippen molar-refractivity contribution in [3.05, 3.63) is 71.3 Å². The van der Waals surface area contributed by atoms with Gasteiger partial charge in [0.05, 0.1) is 0 Å². The van der Waals surface area contributed by atoms with Crippen molar-refractivity contribution < 1.29 is 14.3 Å². The minimum atomic E-state index is 0.0160. The van der Waals surface area contributed by atoms with E-state index in [4.69, 9.17) is 4.74 Å². The molecule has 1 aliphatic carbocycles. The van der Waals surface area contributed by atoms with Gasteiger partial charge in [0.1, 0.15) is 11.5 Å². The summed E-state index contributed by atoms with van der Waals surface area (Å²) in [7, 11) is 0. The topological polar surface area (TPSA) is 43.4 Å². The number of Topliss-reactive ketones (excluding diaryl/α,β-unsaturated/α-hetero) is 1. The van der Waals surface area contributed by atoms with E-state index in [1.165, 1.54) is 12.5 Å². The largest absolute Gasteiger partial charge is 0.457 e. The predicted octanol–water partition coefficient (Wildman–Crippen LogP) is 4.21. The average Bonchev–Trinajstić information content (AvgIpc) is 2.54. The lowest BCUT2D eigenvalue weighted by Crippen LogP contribution is -2.07. The summed E-state index contributed by atoms with van der Waals surface area (Å²) >= 11 is 0. The molecule has 0 heterocycles. The zero-order valence-electron chi connectivity index (χ0n) is 13.0. The molecule has 3 nitrogen and oxygen atoms in total. The Morgan fingerprint density at radius 1 is 1.00 bits per heavy atom. The summed E-state index contributed by atoms with van der Waals surface area (Å²) in [6.45, 7) is 1.53. The van der Waals surface area contributed by atoms with Crippen LogP contribution >= 0.6 is 0 Å². The van der Waals surface area contributed by atoms with E-state index < -0.39 is 0 Å². The van der Waals surface area contributed by atoms with Gasteiger partial charge in [0, 0.05) is 23.6 Å². The Bertz CT molecular complexity index is 770. The van der Waals surface area contributed by atoms with Crippen LogP contribution in [0.25, 0.3) is 5.76 Å². The first-order valence-corrected chi connectivity index (χ1v) is 7.75. The Hall–Kier alpha value is -2.68. The Balaban J connectivity index is 1.94. The van der Waals surface area contributed by atoms with Gasteiger partial charge in [0.25, 0.3) is 0 Å². The van der Waals surface area contributed by atoms with Crippen LogP contribution in [0.4, 0.5) is 0 Å². The minimum Gasteiger partial charge on any atom is -0.457 e. The van der Waals surface area contributed by atoms with Crippen molar-refractivity contribution in [1.29, 1.82) is 0 Å². The number of carbonyl (C=O) groups is 2. The molecule has 0 fully saturated rings. The molecule has 116 valence electrons. The Kier molecular flexibility index (Phi) is 4.38. The predicted molar refractivity (Wildman–Crippen MR) is 89.4 cm³/mol. The Labute approximate surface area is 135 Å². The molecule has 1 aliphatic rings. The molecule has 23 heavy (non-hydrogen) atoms. The molecule has 2 aromatic rings. The van der Waals surface area contributed by atoms with E-state index in [0.717, 1.165) is 18.4 Å². The second-order valence-electron chi connectivity index (χ2n) is 5.67. The van der Waals surface area contributed by atoms with Gasteiger partial charge in [-0.1, -0.05) is 24.3 Å². The monoisotopic (exact) mass is 306 g/mol. The van der Waals surface area contributed by atoms with Crippen LogP contribution in [0, 0.1) is 0 Å². The summed E-state index contributed by atoms with van der Waals surface area (Å²) in [5, 5.41) is 0. The number of ether oxygens (including phenoxy) is 1. The highest BCUT2D eigenvalue weighted by atomic mass is 16.5. The molecule has 0 N–H and O–H groups in total. The summed E-state index contributed by atoms with van der Waals surface area (Å²) in [4.78, 5) is 23.3. The van der Waals surface area contributed by atoms with Crippen LogP contribution in [-0.2, 0) is 11.2 Å². The van der Waals surface area contributed by atoms with Gasteiger partial charge in [-0.2, -0.15) is 0 Å². The van der Waals surface area contributed by atoms with E-state index in [0.29, 0.717) is 23.5 Å². The van der Waals surface area contributed by atoms with Gasteiger partial charge in [-0.3, -0.25) is 9.59 Å². The van der Waals surface area contributed by atoms with E-state index in [1.54, 1.807) is 30.3 Å². The van der Waals surface area contributed by atoms with E-state index in [2.05, 4.69) is 6.07 Å². The standard InChI is InChI=1S/C20H18O3/c1-14(21)15-9-11-18(12-10-15)23-20-13-17(22)7-4-6-16-5-2-3-8-19(16)20/h2-3,5,8-13H,4,6-7H2,1H3. The molecule has 0 aromatic heterocycles. The van der Waals surface area contributed by atoms with Gasteiger partial charge in [0.15, 0.2) is 11.6 Å². The first-order chi connectivity index (χ1) is 11.1. The smallest absolute Gasteiger partial charge is 0.159 e. The zero-order chi connectivity index (χ0) is 16.2. The highest BCUT2D eigenvalue weighted by molar-refractivity contribution is 5.96. The third-order valence-corrected chi connectivity index (χ3v) is 3.93. The molecule has 0 saturated carbocycles. The van der Waals surface area contributed by atoms with Crippen molar-refractivity contribution in [1.82, 2.24) is 0 Å². The number of benzene rings is 2. The lowest BCUT2D eigenvalue weighted by atomic mass is 9.96. The number of carbonyl (C=O) groups excluding carboxylic acids is 2. The van der Waals surface area contributed by atoms with Crippen molar-refractivity contribution in [2.45, 2.75) is 26.2 Å². The van der Waals surface area contributed by atoms with Gasteiger partial charge in [-0.15, -0.1) is 0 Å². The van der Waals surface area contributed by atoms with Crippen LogP contribution in [-0.4, -0.2) is 11.6 Å². The second-order valence-corrected chi connectivity index (χ2v) is 5.67. The van der Waals surface area contributed by atoms with Crippen molar-refractivity contribution >= 4 is 17.3 Å². The maximum Gasteiger partial charge on any atom is 0.159 e. The highest BCUT2D eigenvalue weighted by Crippen LogP contribution is 2.27. The van der Waals surface area contributed by atoms with E-state index in [-0.39, 0.29) is 11.6 Å². The molecule has 0 atom stereocenters. The van der Waals surface area contributed by atoms with Crippen molar-refractivity contribution in [3.8, 4) is 5.75 Å². The molecule has 0 unspecified atom stereocenters. The molecule has 3 heteroatoms. The van der Waals surface area contributed by atoms with Gasteiger partial charge in [-0.25, -0.2) is 0 Å². The van der Waals surface area contributed by atoms with Gasteiger partial charge < -0.3 is 4.74 Å². The molecule has 0 radical (unpaired) electrons. The molecule has 2 aromatic carbocycles. The van der Waals surface area contributed by atoms with Gasteiger partial charge in [0.2, 0.25) is 0 Å². The number of hydrogen-bond donors (Lipinski definition) is 0. The fraction of sp³-hybridized carbons (Fsp3) is 0.200. The maximum atomic E-state index is 12.0. The van der Waals surface area contributed by atoms with Crippen LogP contribution in [0.3, 0.4) is 0 Å². The summed E-state index contributed by atoms with van der Waals surface area (Å²) in [5.74, 6) is 1.28. The van der Waals surface area contributed by atoms with Crippen LogP contribution in [0.15, 0.2) is 54.6 Å². The van der Waals surface area contributed by atoms with Crippen molar-refractivity contribution in [2.75, 3.05) is 0 Å². The summed E-state index contributed by atoms with van der Waals surface area (Å²) in [6, 6.07) is 15.0. The molecular weight excluding hydrogens is 288 g/mol. The number of ketones is 2. The number of hydrogen-bond acceptors (Lipinski definition) is 3. The number of rotatable bonds is 3. The van der Waals surface area contributed by atoms with Crippen LogP contribution in [0.2, 0.25) is 0 Å². The van der Waals surface area contributed by atoms with Crippen LogP contribution < -0.4 is 4.74 Å². The average molecular weight is 306 g/mol. The third-order valence-electron chi connectivity index (χ3n) is 3.93. The normalized spacial score (nSPS) is 14.3. The van der Waals surface area contributed by atoms with E-state index in [1.807, 2.05) is 18.2 Å². The van der Waals surface area contributed by atoms with E-state index >= 15 is 0 Å². The quantitative estimate of drug-likeness (QED) is 0.798. The Morgan fingerprint density at radius 2 is 1.74 bits per heavy atom. The number of fused-ring (bicyclic) bond motifs is 1. The molecule has 0 bridgehead atoms. The summed E-state index contributed by atoms with van der Waals surface area (Å²) < 4.78 is 5.95. The molecule has 0 amide bonds. The lowest BCUT2D eigenvalue weighted by Gasteiger charge is -2.16. The zero-order valence-corrected chi connectivity index (χ0v) is 13.0. The fourth-order valence-electron chi connectivity index (χ4n) is 2.70. The van der Waals surface area contributed by atoms with Crippen LogP contribution in [0.1, 0.15) is 41.3 Å². The number of aryl methyl sites for hydroxylation is 1. The lowest BCUT2D eigenvalue weighted by molar-refractivity contribution is -0.114. The minimum absolute atomic E-state index is 0.0160. The molecular formula is C20H18O3. The molecule has 0 aliphatic heterocycles. The van der Waals surface area contributed by atoms with E-state index in [9.17, 15) is 9.59 Å². The van der Waals surface area contributed by atoms with Gasteiger partial charge in [-0.05, 0) is 49.6 Å². The first kappa shape index (κ1) is 15.2. The van der Waals surface area contributed by atoms with Gasteiger partial charge >= 0.3 is 0 Å². The molecule has 3 rings (SSSR count). The third kappa shape index (κ3) is 3.57. The SMILES string of the molecule is CC(=O)c1ccc(OC2=CC(=O)CCCc3ccccc32)cc1.